The van der Waals surface area contributed by atoms with E-state index in [9.17, 15) is 0 Å². The molecule has 20 heavy (non-hydrogen) atoms. The van der Waals surface area contributed by atoms with E-state index in [1.807, 2.05) is 43.5 Å². The third-order valence-electron chi connectivity index (χ3n) is 3.05. The van der Waals surface area contributed by atoms with E-state index < -0.39 is 0 Å². The average Bonchev–Trinajstić information content (AvgIpc) is 2.89. The van der Waals surface area contributed by atoms with Crippen molar-refractivity contribution in [2.45, 2.75) is 6.92 Å². The van der Waals surface area contributed by atoms with Crippen LogP contribution >= 0.6 is 11.3 Å². The van der Waals surface area contributed by atoms with Crippen molar-refractivity contribution in [1.82, 2.24) is 9.97 Å². The van der Waals surface area contributed by atoms with Gasteiger partial charge < -0.3 is 0 Å². The molecular weight excluding hydrogens is 264 g/mol. The Kier molecular flexibility index (Phi) is 3.32. The summed E-state index contributed by atoms with van der Waals surface area (Å²) in [6.07, 6.45) is 9.12. The van der Waals surface area contributed by atoms with Crippen molar-refractivity contribution in [3.05, 3.63) is 59.2 Å². The normalized spacial score (nSPS) is 10.2. The lowest BCUT2D eigenvalue weighted by atomic mass is 10.1. The van der Waals surface area contributed by atoms with Crippen LogP contribution in [0, 0.1) is 19.3 Å². The summed E-state index contributed by atoms with van der Waals surface area (Å²) in [7, 11) is 0. The van der Waals surface area contributed by atoms with Crippen molar-refractivity contribution in [3.63, 3.8) is 0 Å². The fourth-order valence-corrected chi connectivity index (χ4v) is 2.95. The summed E-state index contributed by atoms with van der Waals surface area (Å²) < 4.78 is 0. The van der Waals surface area contributed by atoms with Crippen LogP contribution in [0.25, 0.3) is 21.8 Å². The highest BCUT2D eigenvalue weighted by Crippen LogP contribution is 2.30. The van der Waals surface area contributed by atoms with Crippen LogP contribution in [0.4, 0.5) is 0 Å². The number of nitrogens with zero attached hydrogens (tertiary/aromatic N) is 2. The zero-order valence-corrected chi connectivity index (χ0v) is 11.8. The molecular formula is C17H12N2S. The van der Waals surface area contributed by atoms with Crippen molar-refractivity contribution in [2.24, 2.45) is 0 Å². The number of rotatable bonds is 2. The lowest BCUT2D eigenvalue weighted by Gasteiger charge is -2.01. The molecule has 0 aromatic carbocycles. The van der Waals surface area contributed by atoms with Crippen LogP contribution in [-0.4, -0.2) is 9.97 Å². The zero-order valence-electron chi connectivity index (χ0n) is 11.0. The summed E-state index contributed by atoms with van der Waals surface area (Å²) in [5, 5.41) is 0. The molecule has 3 heteroatoms. The quantitative estimate of drug-likeness (QED) is 0.657. The molecule has 2 nitrogen and oxygen atoms in total. The molecule has 3 rings (SSSR count). The van der Waals surface area contributed by atoms with Gasteiger partial charge in [0.05, 0.1) is 11.4 Å². The Morgan fingerprint density at radius 3 is 2.55 bits per heavy atom. The number of thiophene rings is 1. The van der Waals surface area contributed by atoms with E-state index in [-0.39, 0.29) is 0 Å². The topological polar surface area (TPSA) is 25.8 Å². The first-order valence-electron chi connectivity index (χ1n) is 6.23. The maximum absolute atomic E-state index is 5.47. The van der Waals surface area contributed by atoms with Gasteiger partial charge in [-0.05, 0) is 37.3 Å². The molecule has 0 aliphatic carbocycles. The molecule has 0 N–H and O–H groups in total. The minimum atomic E-state index is 0.875. The molecule has 96 valence electrons. The molecule has 0 bridgehead atoms. The predicted octanol–water partition coefficient (Wildman–Crippen LogP) is 4.16. The number of hydrogen-bond acceptors (Lipinski definition) is 3. The van der Waals surface area contributed by atoms with Crippen LogP contribution in [0.2, 0.25) is 0 Å². The fraction of sp³-hybridized carbons (Fsp3) is 0.0588. The van der Waals surface area contributed by atoms with Crippen molar-refractivity contribution in [2.75, 3.05) is 0 Å². The SMILES string of the molecule is C#Cc1cc(-c2ccc(-c3ccccn3)nc2)sc1C. The maximum Gasteiger partial charge on any atom is 0.0886 e. The van der Waals surface area contributed by atoms with Gasteiger partial charge in [0.1, 0.15) is 0 Å². The van der Waals surface area contributed by atoms with Crippen LogP contribution in [0.1, 0.15) is 10.4 Å². The van der Waals surface area contributed by atoms with E-state index in [4.69, 9.17) is 6.42 Å². The van der Waals surface area contributed by atoms with Gasteiger partial charge in [-0.1, -0.05) is 12.0 Å². The van der Waals surface area contributed by atoms with Gasteiger partial charge in [0.2, 0.25) is 0 Å². The summed E-state index contributed by atoms with van der Waals surface area (Å²) in [5.74, 6) is 2.70. The van der Waals surface area contributed by atoms with Gasteiger partial charge in [-0.15, -0.1) is 17.8 Å². The second-order valence-corrected chi connectivity index (χ2v) is 5.63. The lowest BCUT2D eigenvalue weighted by molar-refractivity contribution is 1.25. The molecule has 0 fully saturated rings. The molecule has 3 aromatic heterocycles. The molecule has 0 atom stereocenters. The van der Waals surface area contributed by atoms with E-state index in [0.717, 1.165) is 32.3 Å². The van der Waals surface area contributed by atoms with Crippen molar-refractivity contribution < 1.29 is 0 Å². The van der Waals surface area contributed by atoms with E-state index in [0.29, 0.717) is 0 Å². The Labute approximate surface area is 122 Å². The summed E-state index contributed by atoms with van der Waals surface area (Å²) in [5.41, 5.74) is 3.80. The van der Waals surface area contributed by atoms with Gasteiger partial charge in [-0.2, -0.15) is 0 Å². The summed E-state index contributed by atoms with van der Waals surface area (Å²) in [6.45, 7) is 2.04. The minimum absolute atomic E-state index is 0.875. The highest BCUT2D eigenvalue weighted by molar-refractivity contribution is 7.15. The first-order valence-corrected chi connectivity index (χ1v) is 7.04. The van der Waals surface area contributed by atoms with Crippen LogP contribution < -0.4 is 0 Å². The van der Waals surface area contributed by atoms with Crippen LogP contribution in [-0.2, 0) is 0 Å². The minimum Gasteiger partial charge on any atom is -0.255 e. The van der Waals surface area contributed by atoms with Gasteiger partial charge in [-0.3, -0.25) is 9.97 Å². The van der Waals surface area contributed by atoms with Crippen molar-refractivity contribution >= 4 is 11.3 Å². The number of aromatic nitrogens is 2. The predicted molar refractivity (Wildman–Crippen MR) is 83.5 cm³/mol. The number of aryl methyl sites for hydroxylation is 1. The number of pyridine rings is 2. The molecule has 0 spiro atoms. The maximum atomic E-state index is 5.47. The lowest BCUT2D eigenvalue weighted by Crippen LogP contribution is -1.86. The summed E-state index contributed by atoms with van der Waals surface area (Å²) in [6, 6.07) is 11.9. The van der Waals surface area contributed by atoms with Gasteiger partial charge in [0, 0.05) is 33.3 Å². The Hall–Kier alpha value is -2.44. The van der Waals surface area contributed by atoms with Gasteiger partial charge in [0.15, 0.2) is 0 Å². The third kappa shape index (κ3) is 2.34. The molecule has 0 saturated carbocycles. The van der Waals surface area contributed by atoms with E-state index in [2.05, 4.69) is 22.0 Å². The standard InChI is InChI=1S/C17H12N2S/c1-3-13-10-17(20-12(13)2)14-7-8-16(19-11-14)15-6-4-5-9-18-15/h1,4-11H,2H3. The van der Waals surface area contributed by atoms with Gasteiger partial charge >= 0.3 is 0 Å². The number of terminal acetylenes is 1. The van der Waals surface area contributed by atoms with Gasteiger partial charge in [0.25, 0.3) is 0 Å². The smallest absolute Gasteiger partial charge is 0.0886 e. The third-order valence-corrected chi connectivity index (χ3v) is 4.15. The Morgan fingerprint density at radius 2 is 1.95 bits per heavy atom. The van der Waals surface area contributed by atoms with Crippen LogP contribution in [0.15, 0.2) is 48.8 Å². The van der Waals surface area contributed by atoms with Gasteiger partial charge in [-0.25, -0.2) is 0 Å². The highest BCUT2D eigenvalue weighted by atomic mass is 32.1. The molecule has 0 unspecified atom stereocenters. The fourth-order valence-electron chi connectivity index (χ4n) is 1.97. The molecule has 0 saturated heterocycles. The Morgan fingerprint density at radius 1 is 1.10 bits per heavy atom. The first kappa shape index (κ1) is 12.6. The average molecular weight is 276 g/mol. The largest absolute Gasteiger partial charge is 0.255 e. The number of hydrogen-bond donors (Lipinski definition) is 0. The van der Waals surface area contributed by atoms with E-state index in [1.54, 1.807) is 17.5 Å². The van der Waals surface area contributed by atoms with E-state index >= 15 is 0 Å². The second kappa shape index (κ2) is 5.28. The molecule has 0 amide bonds. The molecule has 3 aromatic rings. The van der Waals surface area contributed by atoms with Crippen LogP contribution in [0.3, 0.4) is 0 Å². The monoisotopic (exact) mass is 276 g/mol. The zero-order chi connectivity index (χ0) is 13.9. The highest BCUT2D eigenvalue weighted by Gasteiger charge is 2.07. The molecule has 3 heterocycles. The van der Waals surface area contributed by atoms with Crippen molar-refractivity contribution in [1.29, 1.82) is 0 Å². The molecule has 0 aliphatic heterocycles. The van der Waals surface area contributed by atoms with E-state index in [1.165, 1.54) is 0 Å². The molecule has 0 aliphatic rings. The van der Waals surface area contributed by atoms with Crippen LogP contribution in [0.5, 0.6) is 0 Å². The molecule has 0 radical (unpaired) electrons. The first-order chi connectivity index (χ1) is 9.78. The Balaban J connectivity index is 1.95. The second-order valence-electron chi connectivity index (χ2n) is 4.37. The summed E-state index contributed by atoms with van der Waals surface area (Å²) >= 11 is 1.70. The Bertz CT molecular complexity index is 765. The summed E-state index contributed by atoms with van der Waals surface area (Å²) in [4.78, 5) is 11.1. The van der Waals surface area contributed by atoms with Crippen molar-refractivity contribution in [3.8, 4) is 34.2 Å².